The average molecular weight is 275 g/mol. The van der Waals surface area contributed by atoms with E-state index in [0.717, 1.165) is 12.4 Å². The molecular formula is C13H17N5O2. The molecule has 0 radical (unpaired) electrons. The first-order valence-electron chi connectivity index (χ1n) is 6.32. The molecule has 0 amide bonds. The van der Waals surface area contributed by atoms with E-state index in [0.29, 0.717) is 23.6 Å². The molecule has 0 atom stereocenters. The minimum absolute atomic E-state index is 0.382. The summed E-state index contributed by atoms with van der Waals surface area (Å²) in [5, 5.41) is 11.1. The van der Waals surface area contributed by atoms with E-state index >= 15 is 0 Å². The lowest BCUT2D eigenvalue weighted by Gasteiger charge is -2.08. The van der Waals surface area contributed by atoms with E-state index in [1.165, 1.54) is 7.11 Å². The Balaban J connectivity index is 2.07. The number of nitrogens with zero attached hydrogens (tertiary/aromatic N) is 4. The number of carbonyl (C=O) groups is 1. The third-order valence-electron chi connectivity index (χ3n) is 2.96. The van der Waals surface area contributed by atoms with Gasteiger partial charge < -0.3 is 14.6 Å². The number of hydrogen-bond donors (Lipinski definition) is 1. The number of carbonyl (C=O) groups excluding carboxylic acids is 1. The summed E-state index contributed by atoms with van der Waals surface area (Å²) in [7, 11) is 1.35. The number of hydrogen-bond acceptors (Lipinski definition) is 6. The van der Waals surface area contributed by atoms with Crippen LogP contribution in [0, 0.1) is 6.92 Å². The third-order valence-corrected chi connectivity index (χ3v) is 2.96. The third kappa shape index (κ3) is 2.93. The number of pyridine rings is 1. The van der Waals surface area contributed by atoms with Crippen molar-refractivity contribution in [3.8, 4) is 0 Å². The Kier molecular flexibility index (Phi) is 4.29. The predicted octanol–water partition coefficient (Wildman–Crippen LogP) is 1.40. The number of anilines is 1. The van der Waals surface area contributed by atoms with Gasteiger partial charge in [-0.3, -0.25) is 0 Å². The normalized spacial score (nSPS) is 10.3. The van der Waals surface area contributed by atoms with E-state index in [9.17, 15) is 4.79 Å². The van der Waals surface area contributed by atoms with Gasteiger partial charge in [-0.2, -0.15) is 0 Å². The van der Waals surface area contributed by atoms with Gasteiger partial charge >= 0.3 is 5.97 Å². The first kappa shape index (κ1) is 14.0. The van der Waals surface area contributed by atoms with E-state index in [1.54, 1.807) is 25.4 Å². The van der Waals surface area contributed by atoms with Crippen LogP contribution in [0.2, 0.25) is 0 Å². The molecule has 0 spiro atoms. The molecule has 2 rings (SSSR count). The molecule has 1 N–H and O–H groups in total. The summed E-state index contributed by atoms with van der Waals surface area (Å²) in [6.45, 7) is 5.14. The second kappa shape index (κ2) is 6.14. The van der Waals surface area contributed by atoms with Gasteiger partial charge in [-0.25, -0.2) is 9.78 Å². The number of aryl methyl sites for hydroxylation is 2. The molecule has 0 saturated heterocycles. The lowest BCUT2D eigenvalue weighted by molar-refractivity contribution is 0.0599. The van der Waals surface area contributed by atoms with Crippen molar-refractivity contribution < 1.29 is 9.53 Å². The lowest BCUT2D eigenvalue weighted by atomic mass is 10.2. The molecule has 2 aromatic rings. The highest BCUT2D eigenvalue weighted by Crippen LogP contribution is 2.12. The largest absolute Gasteiger partial charge is 0.465 e. The van der Waals surface area contributed by atoms with Gasteiger partial charge in [0.15, 0.2) is 5.82 Å². The Labute approximate surface area is 117 Å². The number of rotatable bonds is 5. The molecule has 0 aliphatic heterocycles. The van der Waals surface area contributed by atoms with Gasteiger partial charge in [0.05, 0.1) is 24.9 Å². The van der Waals surface area contributed by atoms with Crippen molar-refractivity contribution >= 4 is 11.8 Å². The van der Waals surface area contributed by atoms with Gasteiger partial charge in [0, 0.05) is 6.54 Å². The summed E-state index contributed by atoms with van der Waals surface area (Å²) in [6.07, 6.45) is 1.69. The van der Waals surface area contributed by atoms with Gasteiger partial charge in [0.25, 0.3) is 0 Å². The highest BCUT2D eigenvalue weighted by atomic mass is 16.5. The maximum Gasteiger partial charge on any atom is 0.339 e. The van der Waals surface area contributed by atoms with Crippen LogP contribution in [0.15, 0.2) is 18.5 Å². The number of aromatic nitrogens is 4. The van der Waals surface area contributed by atoms with E-state index < -0.39 is 0 Å². The quantitative estimate of drug-likeness (QED) is 0.831. The summed E-state index contributed by atoms with van der Waals surface area (Å²) in [5.74, 6) is 1.14. The Bertz CT molecular complexity index is 609. The average Bonchev–Trinajstić information content (AvgIpc) is 2.92. The Morgan fingerprint density at radius 2 is 2.25 bits per heavy atom. The number of methoxy groups -OCH3 is 1. The first-order chi connectivity index (χ1) is 9.65. The van der Waals surface area contributed by atoms with Crippen LogP contribution >= 0.6 is 0 Å². The molecule has 0 aromatic carbocycles. The van der Waals surface area contributed by atoms with Gasteiger partial charge in [-0.15, -0.1) is 10.2 Å². The molecule has 0 bridgehead atoms. The molecule has 7 heteroatoms. The summed E-state index contributed by atoms with van der Waals surface area (Å²) in [6, 6.07) is 3.44. The van der Waals surface area contributed by atoms with Gasteiger partial charge in [0.1, 0.15) is 12.1 Å². The van der Waals surface area contributed by atoms with Crippen LogP contribution in [0.1, 0.15) is 28.8 Å². The van der Waals surface area contributed by atoms with Crippen LogP contribution in [0.25, 0.3) is 0 Å². The summed E-state index contributed by atoms with van der Waals surface area (Å²) in [5.41, 5.74) is 1.09. The van der Waals surface area contributed by atoms with E-state index in [-0.39, 0.29) is 5.97 Å². The van der Waals surface area contributed by atoms with E-state index in [1.807, 2.05) is 11.5 Å². The van der Waals surface area contributed by atoms with Crippen molar-refractivity contribution in [2.75, 3.05) is 12.4 Å². The lowest BCUT2D eigenvalue weighted by Crippen LogP contribution is -2.10. The van der Waals surface area contributed by atoms with Crippen LogP contribution < -0.4 is 5.32 Å². The zero-order chi connectivity index (χ0) is 14.5. The second-order valence-electron chi connectivity index (χ2n) is 4.21. The van der Waals surface area contributed by atoms with Gasteiger partial charge in [-0.1, -0.05) is 0 Å². The van der Waals surface area contributed by atoms with Crippen LogP contribution in [-0.4, -0.2) is 32.8 Å². The number of esters is 1. The van der Waals surface area contributed by atoms with E-state index in [4.69, 9.17) is 0 Å². The smallest absolute Gasteiger partial charge is 0.339 e. The Morgan fingerprint density at radius 3 is 2.90 bits per heavy atom. The summed E-state index contributed by atoms with van der Waals surface area (Å²) < 4.78 is 6.63. The van der Waals surface area contributed by atoms with Crippen molar-refractivity contribution in [3.05, 3.63) is 35.5 Å². The Morgan fingerprint density at radius 1 is 1.45 bits per heavy atom. The Hall–Kier alpha value is -2.44. The second-order valence-corrected chi connectivity index (χ2v) is 4.21. The maximum absolute atomic E-state index is 11.5. The molecule has 20 heavy (non-hydrogen) atoms. The van der Waals surface area contributed by atoms with Crippen molar-refractivity contribution in [2.45, 2.75) is 26.9 Å². The summed E-state index contributed by atoms with van der Waals surface area (Å²) in [4.78, 5) is 15.8. The number of ether oxygens (including phenoxy) is 1. The van der Waals surface area contributed by atoms with Crippen molar-refractivity contribution in [2.24, 2.45) is 0 Å². The van der Waals surface area contributed by atoms with Crippen LogP contribution in [0.4, 0.5) is 5.82 Å². The topological polar surface area (TPSA) is 81.9 Å². The molecule has 7 nitrogen and oxygen atoms in total. The molecule has 0 aliphatic carbocycles. The van der Waals surface area contributed by atoms with Crippen molar-refractivity contribution in [3.63, 3.8) is 0 Å². The standard InChI is InChI=1S/C13H17N5O2/c1-4-18-8-15-17-12(18)7-14-11-6-5-10(9(2)16-11)13(19)20-3/h5-6,8H,4,7H2,1-3H3,(H,14,16). The minimum atomic E-state index is -0.382. The van der Waals surface area contributed by atoms with Crippen LogP contribution in [0.5, 0.6) is 0 Å². The SMILES string of the molecule is CCn1cnnc1CNc1ccc(C(=O)OC)c(C)n1. The molecule has 0 aliphatic rings. The molecule has 2 aromatic heterocycles. The first-order valence-corrected chi connectivity index (χ1v) is 6.32. The van der Waals surface area contributed by atoms with Crippen LogP contribution in [0.3, 0.4) is 0 Å². The molecule has 2 heterocycles. The zero-order valence-electron chi connectivity index (χ0n) is 11.8. The maximum atomic E-state index is 11.5. The molecule has 0 saturated carbocycles. The van der Waals surface area contributed by atoms with Crippen molar-refractivity contribution in [1.82, 2.24) is 19.7 Å². The fourth-order valence-corrected chi connectivity index (χ4v) is 1.83. The highest BCUT2D eigenvalue weighted by Gasteiger charge is 2.11. The molecule has 0 fully saturated rings. The zero-order valence-corrected chi connectivity index (χ0v) is 11.8. The monoisotopic (exact) mass is 275 g/mol. The highest BCUT2D eigenvalue weighted by molar-refractivity contribution is 5.90. The predicted molar refractivity (Wildman–Crippen MR) is 73.3 cm³/mol. The molecule has 0 unspecified atom stereocenters. The molecular weight excluding hydrogens is 258 g/mol. The van der Waals surface area contributed by atoms with Gasteiger partial charge in [0.2, 0.25) is 0 Å². The minimum Gasteiger partial charge on any atom is -0.465 e. The van der Waals surface area contributed by atoms with Crippen molar-refractivity contribution in [1.29, 1.82) is 0 Å². The van der Waals surface area contributed by atoms with Gasteiger partial charge in [-0.05, 0) is 26.0 Å². The van der Waals surface area contributed by atoms with Crippen LogP contribution in [-0.2, 0) is 17.8 Å². The summed E-state index contributed by atoms with van der Waals surface area (Å²) >= 11 is 0. The van der Waals surface area contributed by atoms with E-state index in [2.05, 4.69) is 25.2 Å². The number of nitrogens with one attached hydrogen (secondary N) is 1. The fraction of sp³-hybridized carbons (Fsp3) is 0.385. The fourth-order valence-electron chi connectivity index (χ4n) is 1.83. The molecule has 106 valence electrons.